The number of hydrogen-bond donors (Lipinski definition) is 1. The average Bonchev–Trinajstić information content (AvgIpc) is 2.17. The molecule has 0 fully saturated rings. The molecule has 0 atom stereocenters. The first-order valence-electron chi connectivity index (χ1n) is 4.35. The molecule has 0 N–H and O–H groups in total. The molecular formula is C10H11N3S. The van der Waals surface area contributed by atoms with Gasteiger partial charge in [-0.25, -0.2) is 0 Å². The Balaban J connectivity index is 2.41. The van der Waals surface area contributed by atoms with Crippen molar-refractivity contribution in [3.05, 3.63) is 36.2 Å². The summed E-state index contributed by atoms with van der Waals surface area (Å²) in [5.41, 5.74) is 3.05. The second kappa shape index (κ2) is 3.94. The molecule has 0 aliphatic heterocycles. The van der Waals surface area contributed by atoms with Gasteiger partial charge >= 0.3 is 0 Å². The molecule has 0 saturated carbocycles. The quantitative estimate of drug-likeness (QED) is 0.759. The second-order valence-electron chi connectivity index (χ2n) is 3.20. The molecule has 2 aromatic rings. The van der Waals surface area contributed by atoms with Gasteiger partial charge in [0.15, 0.2) is 0 Å². The third-order valence-corrected chi connectivity index (χ3v) is 2.09. The first-order valence-corrected chi connectivity index (χ1v) is 4.75. The lowest BCUT2D eigenvalue weighted by molar-refractivity contribution is 0.573. The van der Waals surface area contributed by atoms with Crippen LogP contribution in [0.3, 0.4) is 0 Å². The summed E-state index contributed by atoms with van der Waals surface area (Å²) in [5.74, 6) is 0. The number of thiol groups is 1. The molecule has 2 rings (SSSR count). The number of aromatic nitrogens is 2. The van der Waals surface area contributed by atoms with E-state index in [1.54, 1.807) is 12.4 Å². The van der Waals surface area contributed by atoms with E-state index in [4.69, 9.17) is 0 Å². The van der Waals surface area contributed by atoms with Gasteiger partial charge in [0.05, 0.1) is 11.0 Å². The van der Waals surface area contributed by atoms with Crippen LogP contribution in [0.25, 0.3) is 11.0 Å². The zero-order valence-corrected chi connectivity index (χ0v) is 8.78. The Morgan fingerprint density at radius 1 is 1.21 bits per heavy atom. The minimum Gasteiger partial charge on any atom is -0.253 e. The van der Waals surface area contributed by atoms with Crippen LogP contribution in [0.4, 0.5) is 0 Å². The largest absolute Gasteiger partial charge is 0.253 e. The predicted molar refractivity (Wildman–Crippen MR) is 60.0 cm³/mol. The summed E-state index contributed by atoms with van der Waals surface area (Å²) >= 11 is 4.20. The van der Waals surface area contributed by atoms with Gasteiger partial charge in [-0.2, -0.15) is 0 Å². The molecule has 0 bridgehead atoms. The summed E-state index contributed by atoms with van der Waals surface area (Å²) in [6.45, 7) is 0.801. The van der Waals surface area contributed by atoms with Gasteiger partial charge in [0.25, 0.3) is 0 Å². The molecule has 0 unspecified atom stereocenters. The van der Waals surface area contributed by atoms with Gasteiger partial charge in [0.2, 0.25) is 0 Å². The van der Waals surface area contributed by atoms with Crippen LogP contribution in [-0.4, -0.2) is 21.3 Å². The molecule has 4 heteroatoms. The maximum Gasteiger partial charge on any atom is 0.0890 e. The van der Waals surface area contributed by atoms with Gasteiger partial charge in [-0.1, -0.05) is 18.9 Å². The molecular weight excluding hydrogens is 194 g/mol. The fourth-order valence-electron chi connectivity index (χ4n) is 1.37. The van der Waals surface area contributed by atoms with E-state index < -0.39 is 0 Å². The van der Waals surface area contributed by atoms with E-state index in [2.05, 4.69) is 22.8 Å². The van der Waals surface area contributed by atoms with Crippen LogP contribution in [0.5, 0.6) is 0 Å². The zero-order chi connectivity index (χ0) is 9.97. The monoisotopic (exact) mass is 205 g/mol. The van der Waals surface area contributed by atoms with Gasteiger partial charge < -0.3 is 0 Å². The van der Waals surface area contributed by atoms with Crippen LogP contribution < -0.4 is 0 Å². The molecule has 14 heavy (non-hydrogen) atoms. The lowest BCUT2D eigenvalue weighted by Gasteiger charge is -2.08. The number of fused-ring (bicyclic) bond motifs is 1. The van der Waals surface area contributed by atoms with Crippen molar-refractivity contribution >= 4 is 23.8 Å². The molecule has 0 aliphatic carbocycles. The molecule has 0 saturated heterocycles. The maximum atomic E-state index is 4.24. The van der Waals surface area contributed by atoms with Crippen molar-refractivity contribution in [2.75, 3.05) is 7.05 Å². The Labute approximate surface area is 88.3 Å². The van der Waals surface area contributed by atoms with Crippen LogP contribution >= 0.6 is 12.8 Å². The third kappa shape index (κ3) is 2.02. The molecule has 0 amide bonds. The molecule has 1 aromatic heterocycles. The number of rotatable bonds is 2. The van der Waals surface area contributed by atoms with Crippen LogP contribution in [0, 0.1) is 0 Å². The van der Waals surface area contributed by atoms with Crippen molar-refractivity contribution in [1.82, 2.24) is 14.3 Å². The Morgan fingerprint density at radius 3 is 2.64 bits per heavy atom. The van der Waals surface area contributed by atoms with Crippen molar-refractivity contribution in [1.29, 1.82) is 0 Å². The van der Waals surface area contributed by atoms with Crippen molar-refractivity contribution in [3.8, 4) is 0 Å². The van der Waals surface area contributed by atoms with E-state index in [0.29, 0.717) is 0 Å². The maximum absolute atomic E-state index is 4.24. The molecule has 3 nitrogen and oxygen atoms in total. The summed E-state index contributed by atoms with van der Waals surface area (Å²) in [4.78, 5) is 8.45. The molecule has 1 heterocycles. The normalized spacial score (nSPS) is 11.1. The summed E-state index contributed by atoms with van der Waals surface area (Å²) in [5, 5.41) is 0. The van der Waals surface area contributed by atoms with E-state index in [9.17, 15) is 0 Å². The Kier molecular flexibility index (Phi) is 2.65. The van der Waals surface area contributed by atoms with E-state index in [-0.39, 0.29) is 0 Å². The van der Waals surface area contributed by atoms with Gasteiger partial charge in [-0.15, -0.1) is 0 Å². The third-order valence-electron chi connectivity index (χ3n) is 1.95. The highest BCUT2D eigenvalue weighted by atomic mass is 32.1. The van der Waals surface area contributed by atoms with Crippen molar-refractivity contribution in [3.63, 3.8) is 0 Å². The lowest BCUT2D eigenvalue weighted by Crippen LogP contribution is -2.04. The van der Waals surface area contributed by atoms with E-state index >= 15 is 0 Å². The Morgan fingerprint density at radius 2 is 1.93 bits per heavy atom. The molecule has 1 aromatic carbocycles. The Hall–Kier alpha value is -1.13. The second-order valence-corrected chi connectivity index (χ2v) is 3.88. The first kappa shape index (κ1) is 9.43. The summed E-state index contributed by atoms with van der Waals surface area (Å²) in [6.07, 6.45) is 3.41. The minimum atomic E-state index is 0.801. The topological polar surface area (TPSA) is 29.0 Å². The van der Waals surface area contributed by atoms with Crippen LogP contribution in [0.15, 0.2) is 30.6 Å². The van der Waals surface area contributed by atoms with Crippen molar-refractivity contribution in [2.24, 2.45) is 0 Å². The number of hydrogen-bond acceptors (Lipinski definition) is 4. The summed E-state index contributed by atoms with van der Waals surface area (Å²) in [7, 11) is 1.92. The van der Waals surface area contributed by atoms with Gasteiger partial charge in [-0.3, -0.25) is 14.3 Å². The lowest BCUT2D eigenvalue weighted by atomic mass is 10.2. The first-order chi connectivity index (χ1) is 6.75. The van der Waals surface area contributed by atoms with Crippen LogP contribution in [0.1, 0.15) is 5.56 Å². The van der Waals surface area contributed by atoms with E-state index in [1.807, 2.05) is 29.6 Å². The van der Waals surface area contributed by atoms with Crippen molar-refractivity contribution in [2.45, 2.75) is 6.54 Å². The van der Waals surface area contributed by atoms with Gasteiger partial charge in [0, 0.05) is 18.9 Å². The van der Waals surface area contributed by atoms with E-state index in [1.165, 1.54) is 5.56 Å². The highest BCUT2D eigenvalue weighted by Crippen LogP contribution is 2.12. The highest BCUT2D eigenvalue weighted by molar-refractivity contribution is 7.77. The van der Waals surface area contributed by atoms with Crippen LogP contribution in [0.2, 0.25) is 0 Å². The van der Waals surface area contributed by atoms with Gasteiger partial charge in [-0.05, 0) is 24.7 Å². The number of nitrogens with zero attached hydrogens (tertiary/aromatic N) is 3. The molecule has 0 aliphatic rings. The zero-order valence-electron chi connectivity index (χ0n) is 7.88. The SMILES string of the molecule is CN(S)Cc1ccc2nccnc2c1. The summed E-state index contributed by atoms with van der Waals surface area (Å²) in [6, 6.07) is 6.06. The minimum absolute atomic E-state index is 0.801. The number of benzene rings is 1. The molecule has 0 radical (unpaired) electrons. The average molecular weight is 205 g/mol. The fraction of sp³-hybridized carbons (Fsp3) is 0.200. The Bertz CT molecular complexity index is 442. The van der Waals surface area contributed by atoms with E-state index in [0.717, 1.165) is 17.6 Å². The molecule has 0 spiro atoms. The van der Waals surface area contributed by atoms with Crippen LogP contribution in [-0.2, 0) is 6.54 Å². The molecule has 72 valence electrons. The fourth-order valence-corrected chi connectivity index (χ4v) is 1.53. The van der Waals surface area contributed by atoms with Gasteiger partial charge in [0.1, 0.15) is 0 Å². The van der Waals surface area contributed by atoms with Crippen molar-refractivity contribution < 1.29 is 0 Å². The summed E-state index contributed by atoms with van der Waals surface area (Å²) < 4.78 is 1.83. The highest BCUT2D eigenvalue weighted by Gasteiger charge is 1.99. The standard InChI is InChI=1S/C10H11N3S/c1-13(14)7-8-2-3-9-10(6-8)12-5-4-11-9/h2-6,14H,7H2,1H3. The predicted octanol–water partition coefficient (Wildman–Crippen LogP) is 1.91. The smallest absolute Gasteiger partial charge is 0.0890 e.